The molecule has 0 aromatic heterocycles. The minimum atomic E-state index is 0.00230. The molecule has 5 heteroatoms. The van der Waals surface area contributed by atoms with E-state index in [1.807, 2.05) is 0 Å². The number of hydrogen-bond donors (Lipinski definition) is 2. The molecule has 0 radical (unpaired) electrons. The molecule has 3 N–H and O–H groups in total. The molecule has 4 nitrogen and oxygen atoms in total. The minimum Gasteiger partial charge on any atom is -0.397 e. The first-order valence-corrected chi connectivity index (χ1v) is 7.81. The highest BCUT2D eigenvalue weighted by atomic mass is 35.5. The van der Waals surface area contributed by atoms with Gasteiger partial charge in [-0.15, -0.1) is 0 Å². The number of carbonyl (C=O) groups is 1. The van der Waals surface area contributed by atoms with E-state index in [-0.39, 0.29) is 5.91 Å². The van der Waals surface area contributed by atoms with Crippen molar-refractivity contribution in [3.8, 4) is 0 Å². The van der Waals surface area contributed by atoms with Crippen molar-refractivity contribution in [2.75, 3.05) is 30.7 Å². The van der Waals surface area contributed by atoms with Crippen LogP contribution in [0.1, 0.15) is 33.1 Å². The largest absolute Gasteiger partial charge is 0.397 e. The third-order valence-corrected chi connectivity index (χ3v) is 4.16. The number of benzene rings is 1. The zero-order valence-electron chi connectivity index (χ0n) is 12.8. The summed E-state index contributed by atoms with van der Waals surface area (Å²) in [5, 5.41) is 3.41. The van der Waals surface area contributed by atoms with Gasteiger partial charge in [-0.2, -0.15) is 0 Å². The van der Waals surface area contributed by atoms with Crippen molar-refractivity contribution < 1.29 is 4.79 Å². The molecule has 0 saturated carbocycles. The Bertz CT molecular complexity index is 516. The molecule has 116 valence electrons. The summed E-state index contributed by atoms with van der Waals surface area (Å²) < 4.78 is 0. The number of nitrogen functional groups attached to an aromatic ring is 1. The van der Waals surface area contributed by atoms with Crippen LogP contribution in [0.2, 0.25) is 5.02 Å². The van der Waals surface area contributed by atoms with Gasteiger partial charge in [-0.1, -0.05) is 25.4 Å². The molecule has 1 aromatic carbocycles. The van der Waals surface area contributed by atoms with Crippen molar-refractivity contribution in [1.29, 1.82) is 0 Å². The molecule has 1 fully saturated rings. The number of nitrogens with one attached hydrogen (secondary N) is 1. The molecule has 0 atom stereocenters. The average molecular weight is 310 g/mol. The fourth-order valence-electron chi connectivity index (χ4n) is 2.74. The molecular weight excluding hydrogens is 286 g/mol. The van der Waals surface area contributed by atoms with Gasteiger partial charge in [0.1, 0.15) is 0 Å². The average Bonchev–Trinajstić information content (AvgIpc) is 2.72. The Morgan fingerprint density at radius 2 is 2.24 bits per heavy atom. The van der Waals surface area contributed by atoms with E-state index >= 15 is 0 Å². The topological polar surface area (TPSA) is 58.4 Å². The summed E-state index contributed by atoms with van der Waals surface area (Å²) in [5.74, 6) is 0.00230. The van der Waals surface area contributed by atoms with Crippen LogP contribution >= 0.6 is 11.6 Å². The Kier molecular flexibility index (Phi) is 5.12. The minimum absolute atomic E-state index is 0.00230. The SMILES string of the molecule is CC1(C)CCN(CCCC(=O)Nc2ccc(Cl)cc2N)C1. The van der Waals surface area contributed by atoms with Gasteiger partial charge in [0.15, 0.2) is 0 Å². The van der Waals surface area contributed by atoms with Gasteiger partial charge in [-0.3, -0.25) is 4.79 Å². The molecule has 21 heavy (non-hydrogen) atoms. The van der Waals surface area contributed by atoms with E-state index in [2.05, 4.69) is 24.1 Å². The summed E-state index contributed by atoms with van der Waals surface area (Å²) in [5.41, 5.74) is 7.37. The van der Waals surface area contributed by atoms with Crippen LogP contribution in [0.25, 0.3) is 0 Å². The lowest BCUT2D eigenvalue weighted by atomic mass is 9.93. The number of likely N-dealkylation sites (tertiary alicyclic amines) is 1. The second-order valence-corrected chi connectivity index (χ2v) is 7.01. The number of nitrogens with two attached hydrogens (primary N) is 1. The summed E-state index contributed by atoms with van der Waals surface area (Å²) in [6.07, 6.45) is 2.62. The molecule has 0 spiro atoms. The van der Waals surface area contributed by atoms with E-state index in [4.69, 9.17) is 17.3 Å². The van der Waals surface area contributed by atoms with Crippen LogP contribution in [0.5, 0.6) is 0 Å². The van der Waals surface area contributed by atoms with Gasteiger partial charge in [0.2, 0.25) is 5.91 Å². The second-order valence-electron chi connectivity index (χ2n) is 6.57. The fraction of sp³-hybridized carbons (Fsp3) is 0.562. The molecule has 1 heterocycles. The number of nitrogens with zero attached hydrogens (tertiary/aromatic N) is 1. The highest BCUT2D eigenvalue weighted by molar-refractivity contribution is 6.31. The van der Waals surface area contributed by atoms with Gasteiger partial charge in [-0.05, 0) is 49.5 Å². The summed E-state index contributed by atoms with van der Waals surface area (Å²) in [6.45, 7) is 7.83. The summed E-state index contributed by atoms with van der Waals surface area (Å²) in [4.78, 5) is 14.4. The Morgan fingerprint density at radius 3 is 2.86 bits per heavy atom. The lowest BCUT2D eigenvalue weighted by molar-refractivity contribution is -0.116. The van der Waals surface area contributed by atoms with E-state index in [1.165, 1.54) is 6.42 Å². The van der Waals surface area contributed by atoms with Crippen LogP contribution in [-0.2, 0) is 4.79 Å². The van der Waals surface area contributed by atoms with Crippen LogP contribution < -0.4 is 11.1 Å². The lowest BCUT2D eigenvalue weighted by Gasteiger charge is -2.19. The molecule has 1 aromatic rings. The Balaban J connectivity index is 1.73. The highest BCUT2D eigenvalue weighted by Gasteiger charge is 2.28. The second kappa shape index (κ2) is 6.67. The first kappa shape index (κ1) is 16.1. The number of halogens is 1. The maximum atomic E-state index is 11.9. The molecule has 1 saturated heterocycles. The van der Waals surface area contributed by atoms with Crippen LogP contribution in [0.4, 0.5) is 11.4 Å². The van der Waals surface area contributed by atoms with E-state index in [0.717, 1.165) is 26.1 Å². The number of amides is 1. The molecule has 0 unspecified atom stereocenters. The predicted molar refractivity (Wildman–Crippen MR) is 88.6 cm³/mol. The van der Waals surface area contributed by atoms with Gasteiger partial charge in [0, 0.05) is 18.0 Å². The number of hydrogen-bond acceptors (Lipinski definition) is 3. The first-order valence-electron chi connectivity index (χ1n) is 7.43. The third kappa shape index (κ3) is 4.90. The predicted octanol–water partition coefficient (Wildman–Crippen LogP) is 3.37. The molecule has 0 aliphatic carbocycles. The number of rotatable bonds is 5. The monoisotopic (exact) mass is 309 g/mol. The summed E-state index contributed by atoms with van der Waals surface area (Å²) in [7, 11) is 0. The fourth-order valence-corrected chi connectivity index (χ4v) is 2.92. The van der Waals surface area contributed by atoms with Gasteiger partial charge >= 0.3 is 0 Å². The standard InChI is InChI=1S/C16H24ClN3O/c1-16(2)7-9-20(11-16)8-3-4-15(21)19-14-6-5-12(17)10-13(14)18/h5-6,10H,3-4,7-9,11,18H2,1-2H3,(H,19,21). The Morgan fingerprint density at radius 1 is 1.48 bits per heavy atom. The molecule has 1 aliphatic heterocycles. The molecule has 0 bridgehead atoms. The molecular formula is C16H24ClN3O. The smallest absolute Gasteiger partial charge is 0.224 e. The number of anilines is 2. The first-order chi connectivity index (χ1) is 9.85. The van der Waals surface area contributed by atoms with Gasteiger partial charge < -0.3 is 16.0 Å². The number of carbonyl (C=O) groups excluding carboxylic acids is 1. The highest BCUT2D eigenvalue weighted by Crippen LogP contribution is 2.28. The lowest BCUT2D eigenvalue weighted by Crippen LogP contribution is -2.25. The van der Waals surface area contributed by atoms with E-state index in [9.17, 15) is 4.79 Å². The quantitative estimate of drug-likeness (QED) is 0.820. The van der Waals surface area contributed by atoms with Crippen molar-refractivity contribution in [1.82, 2.24) is 4.90 Å². The zero-order chi connectivity index (χ0) is 15.5. The van der Waals surface area contributed by atoms with Gasteiger partial charge in [0.25, 0.3) is 0 Å². The Labute approximate surface area is 131 Å². The van der Waals surface area contributed by atoms with Gasteiger partial charge in [0.05, 0.1) is 11.4 Å². The van der Waals surface area contributed by atoms with E-state index in [1.54, 1.807) is 18.2 Å². The van der Waals surface area contributed by atoms with E-state index in [0.29, 0.717) is 28.2 Å². The normalized spacial score (nSPS) is 17.9. The van der Waals surface area contributed by atoms with Crippen LogP contribution in [0.3, 0.4) is 0 Å². The summed E-state index contributed by atoms with van der Waals surface area (Å²) in [6, 6.07) is 5.10. The third-order valence-electron chi connectivity index (χ3n) is 3.92. The Hall–Kier alpha value is -1.26. The molecule has 1 amide bonds. The van der Waals surface area contributed by atoms with E-state index < -0.39 is 0 Å². The van der Waals surface area contributed by atoms with Gasteiger partial charge in [-0.25, -0.2) is 0 Å². The maximum Gasteiger partial charge on any atom is 0.224 e. The zero-order valence-corrected chi connectivity index (χ0v) is 13.5. The van der Waals surface area contributed by atoms with Crippen molar-refractivity contribution in [2.24, 2.45) is 5.41 Å². The maximum absolute atomic E-state index is 11.9. The molecule has 1 aliphatic rings. The van der Waals surface area contributed by atoms with Crippen molar-refractivity contribution >= 4 is 28.9 Å². The van der Waals surface area contributed by atoms with Crippen LogP contribution in [0.15, 0.2) is 18.2 Å². The van der Waals surface area contributed by atoms with Crippen molar-refractivity contribution in [3.63, 3.8) is 0 Å². The summed E-state index contributed by atoms with van der Waals surface area (Å²) >= 11 is 5.83. The van der Waals surface area contributed by atoms with Crippen LogP contribution in [0, 0.1) is 5.41 Å². The molecule has 2 rings (SSSR count). The van der Waals surface area contributed by atoms with Crippen LogP contribution in [-0.4, -0.2) is 30.4 Å². The van der Waals surface area contributed by atoms with Crippen molar-refractivity contribution in [3.05, 3.63) is 23.2 Å². The van der Waals surface area contributed by atoms with Crippen molar-refractivity contribution in [2.45, 2.75) is 33.1 Å².